The van der Waals surface area contributed by atoms with Gasteiger partial charge in [-0.15, -0.1) is 12.6 Å². The van der Waals surface area contributed by atoms with Crippen LogP contribution in [0.2, 0.25) is 5.02 Å². The van der Waals surface area contributed by atoms with E-state index in [0.717, 1.165) is 74.0 Å². The van der Waals surface area contributed by atoms with Gasteiger partial charge in [-0.05, 0) is 84.9 Å². The molecule has 0 atom stereocenters. The van der Waals surface area contributed by atoms with E-state index in [4.69, 9.17) is 26.1 Å². The van der Waals surface area contributed by atoms with Crippen LogP contribution in [0.25, 0.3) is 43.6 Å². The first-order valence-corrected chi connectivity index (χ1v) is 18.3. The molecule has 2 aromatic heterocycles. The van der Waals surface area contributed by atoms with Crippen LogP contribution in [0.1, 0.15) is 0 Å². The van der Waals surface area contributed by atoms with Gasteiger partial charge in [0.1, 0.15) is 11.5 Å². The average molecular weight is 829 g/mol. The minimum absolute atomic E-state index is 0.757. The smallest absolute Gasteiger partial charge is 0.118 e. The van der Waals surface area contributed by atoms with Crippen molar-refractivity contribution in [3.8, 4) is 11.5 Å². The maximum Gasteiger partial charge on any atom is 0.118 e. The average Bonchev–Trinajstić information content (AvgIpc) is 3.13. The third kappa shape index (κ3) is 8.17. The predicted octanol–water partition coefficient (Wildman–Crippen LogP) is 13.1. The van der Waals surface area contributed by atoms with E-state index in [1.165, 1.54) is 9.79 Å². The molecule has 0 radical (unpaired) electrons. The zero-order valence-electron chi connectivity index (χ0n) is 26.4. The van der Waals surface area contributed by atoms with E-state index in [9.17, 15) is 0 Å². The summed E-state index contributed by atoms with van der Waals surface area (Å²) in [6.45, 7) is 0. The van der Waals surface area contributed by atoms with E-state index < -0.39 is 0 Å². The second-order valence-corrected chi connectivity index (χ2v) is 14.3. The number of ether oxygens (including phenoxy) is 2. The first kappa shape index (κ1) is 35.1. The third-order valence-electron chi connectivity index (χ3n) is 7.55. The molecule has 0 spiro atoms. The standard InChI is InChI=1S/C20H14BrNOS.C13H7BrClN.C7H8OS/c1-23-13-9-11-14(12-10-13)24-20-15-5-2-3-7-17(15)22-18-8-4-6-16(21)19(18)20;14-9-5-3-7-11-12(9)13(15)8-4-1-2-6-10(8)16-11;1-8-6-2-4-7(9)5-3-6/h2-12H,1H3;1-7H;2-5,9H,1H3. The number of halogens is 3. The fourth-order valence-corrected chi connectivity index (χ4v) is 8.12. The van der Waals surface area contributed by atoms with Crippen molar-refractivity contribution in [3.63, 3.8) is 0 Å². The highest BCUT2D eigenvalue weighted by atomic mass is 79.9. The van der Waals surface area contributed by atoms with Crippen molar-refractivity contribution in [1.29, 1.82) is 0 Å². The molecule has 0 aliphatic heterocycles. The quantitative estimate of drug-likeness (QED) is 0.141. The summed E-state index contributed by atoms with van der Waals surface area (Å²) in [5.74, 6) is 1.73. The topological polar surface area (TPSA) is 44.2 Å². The van der Waals surface area contributed by atoms with Gasteiger partial charge in [0.05, 0.1) is 41.3 Å². The van der Waals surface area contributed by atoms with Crippen molar-refractivity contribution in [3.05, 3.63) is 147 Å². The zero-order valence-corrected chi connectivity index (χ0v) is 32.0. The fourth-order valence-electron chi connectivity index (χ4n) is 5.15. The Hall–Kier alpha value is -3.79. The van der Waals surface area contributed by atoms with Crippen LogP contribution >= 0.6 is 67.9 Å². The van der Waals surface area contributed by atoms with Crippen LogP contribution in [0.3, 0.4) is 0 Å². The Bertz CT molecular complexity index is 2390. The summed E-state index contributed by atoms with van der Waals surface area (Å²) in [4.78, 5) is 12.7. The molecule has 0 amide bonds. The van der Waals surface area contributed by atoms with Crippen molar-refractivity contribution in [2.45, 2.75) is 14.7 Å². The molecule has 8 rings (SSSR count). The lowest BCUT2D eigenvalue weighted by molar-refractivity contribution is 0.414. The molecule has 0 saturated heterocycles. The van der Waals surface area contributed by atoms with Crippen LogP contribution < -0.4 is 9.47 Å². The summed E-state index contributed by atoms with van der Waals surface area (Å²) in [6, 6.07) is 43.9. The first-order chi connectivity index (χ1) is 23.9. The van der Waals surface area contributed by atoms with Crippen LogP contribution in [0.15, 0.2) is 157 Å². The SMILES string of the molecule is COc1ccc(S)cc1.COc1ccc(Sc2c3ccccc3nc3cccc(Br)c23)cc1.Clc1c2ccccc2nc2cccc(Br)c12. The molecular weight excluding hydrogens is 800 g/mol. The summed E-state index contributed by atoms with van der Waals surface area (Å²) in [7, 11) is 3.33. The van der Waals surface area contributed by atoms with Crippen molar-refractivity contribution >= 4 is 111 Å². The summed E-state index contributed by atoms with van der Waals surface area (Å²) in [6.07, 6.45) is 0. The van der Waals surface area contributed by atoms with Gasteiger partial charge in [0.15, 0.2) is 0 Å². The Labute approximate surface area is 316 Å². The molecular formula is C40H29Br2ClN2O2S2. The third-order valence-corrected chi connectivity index (χ3v) is 10.7. The van der Waals surface area contributed by atoms with E-state index >= 15 is 0 Å². The molecule has 0 N–H and O–H groups in total. The molecule has 244 valence electrons. The number of para-hydroxylation sites is 2. The van der Waals surface area contributed by atoms with Gasteiger partial charge < -0.3 is 9.47 Å². The largest absolute Gasteiger partial charge is 0.497 e. The molecule has 8 aromatic rings. The number of hydrogen-bond acceptors (Lipinski definition) is 6. The van der Waals surface area contributed by atoms with Crippen molar-refractivity contribution in [2.24, 2.45) is 0 Å². The Morgan fingerprint density at radius 3 is 1.61 bits per heavy atom. The molecule has 6 aromatic carbocycles. The number of nitrogens with zero attached hydrogens (tertiary/aromatic N) is 2. The van der Waals surface area contributed by atoms with Crippen LogP contribution in [-0.2, 0) is 0 Å². The molecule has 0 aliphatic rings. The number of hydrogen-bond donors (Lipinski definition) is 1. The molecule has 4 nitrogen and oxygen atoms in total. The Balaban J connectivity index is 0.000000143. The zero-order chi connectivity index (χ0) is 34.3. The van der Waals surface area contributed by atoms with Gasteiger partial charge in [-0.25, -0.2) is 9.97 Å². The summed E-state index contributed by atoms with van der Waals surface area (Å²) < 4.78 is 12.2. The maximum absolute atomic E-state index is 6.41. The van der Waals surface area contributed by atoms with E-state index in [1.54, 1.807) is 26.0 Å². The van der Waals surface area contributed by atoms with Gasteiger partial charge in [-0.1, -0.05) is 104 Å². The molecule has 0 aliphatic carbocycles. The monoisotopic (exact) mass is 826 g/mol. The lowest BCUT2D eigenvalue weighted by Gasteiger charge is -2.12. The summed E-state index contributed by atoms with van der Waals surface area (Å²) in [5, 5.41) is 5.04. The van der Waals surface area contributed by atoms with Gasteiger partial charge >= 0.3 is 0 Å². The minimum Gasteiger partial charge on any atom is -0.497 e. The number of thiol groups is 1. The molecule has 2 heterocycles. The van der Waals surface area contributed by atoms with Crippen LogP contribution in [0.5, 0.6) is 11.5 Å². The second-order valence-electron chi connectivity index (χ2n) is 10.6. The minimum atomic E-state index is 0.757. The summed E-state index contributed by atoms with van der Waals surface area (Å²) in [5.41, 5.74) is 3.86. The molecule has 49 heavy (non-hydrogen) atoms. The van der Waals surface area contributed by atoms with Gasteiger partial charge in [0.25, 0.3) is 0 Å². The number of methoxy groups -OCH3 is 2. The van der Waals surface area contributed by atoms with Crippen LogP contribution in [-0.4, -0.2) is 24.2 Å². The van der Waals surface area contributed by atoms with Crippen LogP contribution in [0, 0.1) is 0 Å². The Morgan fingerprint density at radius 2 is 1.02 bits per heavy atom. The molecule has 9 heteroatoms. The van der Waals surface area contributed by atoms with Crippen molar-refractivity contribution in [1.82, 2.24) is 9.97 Å². The second kappa shape index (κ2) is 16.3. The van der Waals surface area contributed by atoms with Crippen LogP contribution in [0.4, 0.5) is 0 Å². The lowest BCUT2D eigenvalue weighted by atomic mass is 10.1. The molecule has 0 unspecified atom stereocenters. The first-order valence-electron chi connectivity index (χ1n) is 15.1. The van der Waals surface area contributed by atoms with Crippen molar-refractivity contribution in [2.75, 3.05) is 14.2 Å². The Kier molecular flexibility index (Phi) is 11.6. The highest BCUT2D eigenvalue weighted by Gasteiger charge is 2.13. The lowest BCUT2D eigenvalue weighted by Crippen LogP contribution is -1.88. The van der Waals surface area contributed by atoms with Gasteiger partial charge in [-0.2, -0.15) is 0 Å². The number of fused-ring (bicyclic) bond motifs is 4. The van der Waals surface area contributed by atoms with Gasteiger partial charge in [0.2, 0.25) is 0 Å². The number of pyridine rings is 2. The highest BCUT2D eigenvalue weighted by molar-refractivity contribution is 9.11. The molecule has 0 bridgehead atoms. The fraction of sp³-hybridized carbons (Fsp3) is 0.0500. The number of aromatic nitrogens is 2. The van der Waals surface area contributed by atoms with Gasteiger partial charge in [0, 0.05) is 45.2 Å². The molecule has 0 saturated carbocycles. The van der Waals surface area contributed by atoms with E-state index in [0.29, 0.717) is 0 Å². The van der Waals surface area contributed by atoms with E-state index in [2.05, 4.69) is 91.9 Å². The molecule has 0 fully saturated rings. The predicted molar refractivity (Wildman–Crippen MR) is 216 cm³/mol. The highest BCUT2D eigenvalue weighted by Crippen LogP contribution is 2.41. The maximum atomic E-state index is 6.41. The number of rotatable bonds is 4. The Morgan fingerprint density at radius 1 is 0.551 bits per heavy atom. The summed E-state index contributed by atoms with van der Waals surface area (Å²) >= 11 is 19.5. The van der Waals surface area contributed by atoms with Gasteiger partial charge in [-0.3, -0.25) is 0 Å². The van der Waals surface area contributed by atoms with E-state index in [-0.39, 0.29) is 0 Å². The van der Waals surface area contributed by atoms with Crippen molar-refractivity contribution < 1.29 is 9.47 Å². The number of benzene rings is 6. The van der Waals surface area contributed by atoms with E-state index in [1.807, 2.05) is 91.0 Å². The normalized spacial score (nSPS) is 10.7.